The Hall–Kier alpha value is -2.82. The van der Waals surface area contributed by atoms with Crippen LogP contribution in [0.1, 0.15) is 28.7 Å². The molecule has 1 atom stereocenters. The van der Waals surface area contributed by atoms with Crippen LogP contribution in [0.5, 0.6) is 5.75 Å². The molecule has 0 saturated heterocycles. The van der Waals surface area contributed by atoms with Crippen molar-refractivity contribution in [2.75, 3.05) is 12.0 Å². The van der Waals surface area contributed by atoms with Gasteiger partial charge in [0.2, 0.25) is 0 Å². The van der Waals surface area contributed by atoms with Gasteiger partial charge in [0.05, 0.1) is 19.3 Å². The van der Waals surface area contributed by atoms with Gasteiger partial charge in [-0.1, -0.05) is 53.6 Å². The molecule has 3 aromatic carbocycles. The van der Waals surface area contributed by atoms with Crippen molar-refractivity contribution in [3.05, 3.63) is 94.0 Å². The molecule has 30 heavy (non-hydrogen) atoms. The molecule has 1 unspecified atom stereocenters. The first kappa shape index (κ1) is 20.5. The molecule has 1 heterocycles. The van der Waals surface area contributed by atoms with Gasteiger partial charge in [-0.3, -0.25) is 4.79 Å². The van der Waals surface area contributed by atoms with E-state index >= 15 is 0 Å². The van der Waals surface area contributed by atoms with Gasteiger partial charge >= 0.3 is 0 Å². The zero-order valence-corrected chi connectivity index (χ0v) is 17.8. The molecule has 1 N–H and O–H groups in total. The van der Waals surface area contributed by atoms with Crippen LogP contribution in [0.4, 0.5) is 5.69 Å². The average Bonchev–Trinajstić information content (AvgIpc) is 2.96. The van der Waals surface area contributed by atoms with Crippen LogP contribution in [-0.4, -0.2) is 18.1 Å². The third-order valence-corrected chi connectivity index (χ3v) is 5.90. The summed E-state index contributed by atoms with van der Waals surface area (Å²) >= 11 is 6.22. The number of ether oxygens (including phenoxy) is 1. The predicted octanol–water partition coefficient (Wildman–Crippen LogP) is 5.02. The quantitative estimate of drug-likeness (QED) is 0.607. The van der Waals surface area contributed by atoms with Crippen molar-refractivity contribution in [1.82, 2.24) is 0 Å². The topological polar surface area (TPSA) is 49.8 Å². The Labute approximate surface area is 181 Å². The summed E-state index contributed by atoms with van der Waals surface area (Å²) in [4.78, 5) is 15.1. The monoisotopic (exact) mass is 421 g/mol. The van der Waals surface area contributed by atoms with Crippen molar-refractivity contribution in [1.29, 1.82) is 0 Å². The molecule has 0 radical (unpaired) electrons. The number of benzene rings is 3. The highest BCUT2D eigenvalue weighted by molar-refractivity contribution is 6.31. The lowest BCUT2D eigenvalue weighted by atomic mass is 9.89. The highest BCUT2D eigenvalue weighted by Crippen LogP contribution is 2.44. The molecule has 154 valence electrons. The molecule has 5 heteroatoms. The fourth-order valence-corrected chi connectivity index (χ4v) is 4.12. The van der Waals surface area contributed by atoms with Gasteiger partial charge in [0, 0.05) is 10.6 Å². The number of carbonyl (C=O) groups excluding carboxylic acids is 1. The van der Waals surface area contributed by atoms with Crippen molar-refractivity contribution in [3.8, 4) is 5.75 Å². The van der Waals surface area contributed by atoms with Gasteiger partial charge in [0.25, 0.3) is 5.91 Å². The van der Waals surface area contributed by atoms with Gasteiger partial charge in [-0.05, 0) is 61.2 Å². The maximum atomic E-state index is 13.4. The molecule has 4 nitrogen and oxygen atoms in total. The molecule has 0 aliphatic carbocycles. The fourth-order valence-electron chi connectivity index (χ4n) is 3.95. The van der Waals surface area contributed by atoms with Crippen LogP contribution >= 0.6 is 11.6 Å². The first-order valence-corrected chi connectivity index (χ1v) is 10.3. The number of rotatable bonds is 6. The van der Waals surface area contributed by atoms with E-state index in [1.807, 2.05) is 61.5 Å². The number of aryl methyl sites for hydroxylation is 2. The molecule has 1 amide bonds. The number of fused-ring (bicyclic) bond motifs is 1. The minimum absolute atomic E-state index is 0.261. The third-order valence-electron chi connectivity index (χ3n) is 5.66. The van der Waals surface area contributed by atoms with Crippen LogP contribution in [0.3, 0.4) is 0 Å². The van der Waals surface area contributed by atoms with Crippen LogP contribution in [0, 0.1) is 6.92 Å². The number of hydrogen-bond donors (Lipinski definition) is 1. The molecule has 0 aromatic heterocycles. The smallest absolute Gasteiger partial charge is 0.264 e. The molecule has 4 rings (SSSR count). The summed E-state index contributed by atoms with van der Waals surface area (Å²) in [5, 5.41) is 12.0. The van der Waals surface area contributed by atoms with E-state index in [2.05, 4.69) is 0 Å². The molecule has 0 saturated carbocycles. The normalized spacial score (nSPS) is 17.9. The first-order chi connectivity index (χ1) is 14.4. The Morgan fingerprint density at radius 3 is 2.53 bits per heavy atom. The summed E-state index contributed by atoms with van der Waals surface area (Å²) in [6.07, 6.45) is 0.792. The Balaban J connectivity index is 1.64. The fraction of sp³-hybridized carbons (Fsp3) is 0.240. The van der Waals surface area contributed by atoms with E-state index in [1.54, 1.807) is 24.1 Å². The van der Waals surface area contributed by atoms with Crippen LogP contribution in [-0.2, 0) is 23.4 Å². The van der Waals surface area contributed by atoms with E-state index < -0.39 is 5.60 Å². The molecule has 0 spiro atoms. The van der Waals surface area contributed by atoms with Gasteiger partial charge in [0.1, 0.15) is 5.75 Å². The minimum Gasteiger partial charge on any atom is -0.497 e. The molecule has 1 aliphatic rings. The summed E-state index contributed by atoms with van der Waals surface area (Å²) in [6, 6.07) is 21.0. The van der Waals surface area contributed by atoms with E-state index in [1.165, 1.54) is 0 Å². The molecule has 0 bridgehead atoms. The van der Waals surface area contributed by atoms with Crippen molar-refractivity contribution >= 4 is 23.2 Å². The molecule has 3 aromatic rings. The predicted molar refractivity (Wildman–Crippen MR) is 119 cm³/mol. The van der Waals surface area contributed by atoms with Gasteiger partial charge in [0.15, 0.2) is 5.60 Å². The lowest BCUT2D eigenvalue weighted by Gasteiger charge is -2.23. The minimum atomic E-state index is -1.62. The second-order valence-electron chi connectivity index (χ2n) is 7.75. The highest BCUT2D eigenvalue weighted by atomic mass is 35.5. The lowest BCUT2D eigenvalue weighted by molar-refractivity contribution is -0.136. The Morgan fingerprint density at radius 1 is 1.03 bits per heavy atom. The maximum absolute atomic E-state index is 13.4. The molecular formula is C25H24ClNO3. The Kier molecular flexibility index (Phi) is 5.54. The number of carbonyl (C=O) groups is 1. The van der Waals surface area contributed by atoms with Crippen molar-refractivity contribution < 1.29 is 14.6 Å². The van der Waals surface area contributed by atoms with Crippen molar-refractivity contribution in [3.63, 3.8) is 0 Å². The Bertz CT molecular complexity index is 1080. The van der Waals surface area contributed by atoms with Crippen LogP contribution in [0.25, 0.3) is 0 Å². The molecule has 1 aliphatic heterocycles. The summed E-state index contributed by atoms with van der Waals surface area (Å²) in [7, 11) is 1.62. The summed E-state index contributed by atoms with van der Waals surface area (Å²) in [5.41, 5.74) is 2.82. The van der Waals surface area contributed by atoms with E-state index in [-0.39, 0.29) is 12.3 Å². The summed E-state index contributed by atoms with van der Waals surface area (Å²) < 4.78 is 5.28. The van der Waals surface area contributed by atoms with Crippen molar-refractivity contribution in [2.24, 2.45) is 0 Å². The first-order valence-electron chi connectivity index (χ1n) is 9.93. The summed E-state index contributed by atoms with van der Waals surface area (Å²) in [6.45, 7) is 2.43. The summed E-state index contributed by atoms with van der Waals surface area (Å²) in [5.74, 6) is 0.435. The number of methoxy groups -OCH3 is 1. The second kappa shape index (κ2) is 8.13. The number of aliphatic hydroxyl groups is 1. The standard InChI is InChI=1S/C25H24ClNO3/c1-17-6-8-19(9-7-17)16-27-23-11-10-20(26)15-22(23)25(29,24(27)28)13-12-18-4-3-5-21(14-18)30-2/h3-11,14-15,29H,12-13,16H2,1-2H3. The van der Waals surface area contributed by atoms with E-state index in [4.69, 9.17) is 16.3 Å². The van der Waals surface area contributed by atoms with E-state index in [9.17, 15) is 9.90 Å². The van der Waals surface area contributed by atoms with Crippen LogP contribution < -0.4 is 9.64 Å². The van der Waals surface area contributed by atoms with E-state index in [0.717, 1.165) is 22.4 Å². The van der Waals surface area contributed by atoms with Gasteiger partial charge in [-0.2, -0.15) is 0 Å². The largest absolute Gasteiger partial charge is 0.497 e. The van der Waals surface area contributed by atoms with Crippen LogP contribution in [0.15, 0.2) is 66.7 Å². The number of hydrogen-bond acceptors (Lipinski definition) is 3. The number of halogens is 1. The molecular weight excluding hydrogens is 398 g/mol. The van der Waals surface area contributed by atoms with Gasteiger partial charge in [-0.25, -0.2) is 0 Å². The van der Waals surface area contributed by atoms with Gasteiger partial charge in [-0.15, -0.1) is 0 Å². The average molecular weight is 422 g/mol. The zero-order chi connectivity index (χ0) is 21.3. The lowest BCUT2D eigenvalue weighted by Crippen LogP contribution is -2.40. The third kappa shape index (κ3) is 3.81. The highest BCUT2D eigenvalue weighted by Gasteiger charge is 2.49. The Morgan fingerprint density at radius 2 is 1.80 bits per heavy atom. The zero-order valence-electron chi connectivity index (χ0n) is 17.1. The SMILES string of the molecule is COc1cccc(CCC2(O)C(=O)N(Cc3ccc(C)cc3)c3ccc(Cl)cc32)c1. The maximum Gasteiger partial charge on any atom is 0.264 e. The van der Waals surface area contributed by atoms with Gasteiger partial charge < -0.3 is 14.7 Å². The van der Waals surface area contributed by atoms with E-state index in [0.29, 0.717) is 29.2 Å². The van der Waals surface area contributed by atoms with Crippen molar-refractivity contribution in [2.45, 2.75) is 31.9 Å². The number of anilines is 1. The van der Waals surface area contributed by atoms with Crippen LogP contribution in [0.2, 0.25) is 5.02 Å². The second-order valence-corrected chi connectivity index (χ2v) is 8.19. The number of amides is 1. The molecule has 0 fully saturated rings. The number of nitrogens with zero attached hydrogens (tertiary/aromatic N) is 1.